The van der Waals surface area contributed by atoms with Crippen molar-refractivity contribution in [2.75, 3.05) is 21.3 Å². The molecule has 0 amide bonds. The van der Waals surface area contributed by atoms with Crippen LogP contribution in [0.1, 0.15) is 22.0 Å². The number of ether oxygens (including phenoxy) is 3. The Morgan fingerprint density at radius 3 is 1.90 bits per heavy atom. The van der Waals surface area contributed by atoms with Gasteiger partial charge in [-0.1, -0.05) is 36.4 Å². The minimum Gasteiger partial charge on any atom is -0.496 e. The van der Waals surface area contributed by atoms with Gasteiger partial charge in [-0.3, -0.25) is 4.79 Å². The van der Waals surface area contributed by atoms with Gasteiger partial charge in [0.1, 0.15) is 23.2 Å². The average Bonchev–Trinajstić information content (AvgIpc) is 2.55. The zero-order valence-electron chi connectivity index (χ0n) is 12.3. The molecule has 2 aromatic rings. The lowest BCUT2D eigenvalue weighted by molar-refractivity contribution is 0.0598. The SMILES string of the molecule is COc1cccc(OC)c1C(=O)C(OC)c1ccccc1. The second-order valence-corrected chi connectivity index (χ2v) is 4.43. The first kappa shape index (κ1) is 15.1. The Kier molecular flexibility index (Phi) is 4.95. The zero-order valence-corrected chi connectivity index (χ0v) is 12.3. The van der Waals surface area contributed by atoms with Gasteiger partial charge in [-0.05, 0) is 17.7 Å². The lowest BCUT2D eigenvalue weighted by Crippen LogP contribution is -2.16. The van der Waals surface area contributed by atoms with Gasteiger partial charge in [0.05, 0.1) is 14.2 Å². The molecule has 0 saturated carbocycles. The van der Waals surface area contributed by atoms with Crippen LogP contribution in [0.25, 0.3) is 0 Å². The van der Waals surface area contributed by atoms with E-state index in [9.17, 15) is 4.79 Å². The molecule has 0 spiro atoms. The first-order valence-corrected chi connectivity index (χ1v) is 6.55. The molecule has 0 aliphatic heterocycles. The van der Waals surface area contributed by atoms with E-state index in [0.717, 1.165) is 5.56 Å². The molecule has 0 heterocycles. The Morgan fingerprint density at radius 1 is 0.857 bits per heavy atom. The molecule has 0 radical (unpaired) electrons. The molecular weight excluding hydrogens is 268 g/mol. The molecule has 0 fully saturated rings. The molecule has 1 unspecified atom stereocenters. The van der Waals surface area contributed by atoms with Crippen LogP contribution in [-0.2, 0) is 4.74 Å². The lowest BCUT2D eigenvalue weighted by atomic mass is 9.98. The van der Waals surface area contributed by atoms with Crippen molar-refractivity contribution < 1.29 is 19.0 Å². The molecular formula is C17H18O4. The standard InChI is InChI=1S/C17H18O4/c1-19-13-10-7-11-14(20-2)15(13)16(18)17(21-3)12-8-5-4-6-9-12/h4-11,17H,1-3H3. The van der Waals surface area contributed by atoms with Gasteiger partial charge in [-0.2, -0.15) is 0 Å². The average molecular weight is 286 g/mol. The minimum atomic E-state index is -0.698. The van der Waals surface area contributed by atoms with Crippen LogP contribution in [0, 0.1) is 0 Å². The zero-order chi connectivity index (χ0) is 15.2. The smallest absolute Gasteiger partial charge is 0.203 e. The van der Waals surface area contributed by atoms with Gasteiger partial charge in [0.25, 0.3) is 0 Å². The lowest BCUT2D eigenvalue weighted by Gasteiger charge is -2.18. The fourth-order valence-electron chi connectivity index (χ4n) is 2.25. The van der Waals surface area contributed by atoms with Crippen molar-refractivity contribution in [3.05, 3.63) is 59.7 Å². The summed E-state index contributed by atoms with van der Waals surface area (Å²) in [4.78, 5) is 12.9. The van der Waals surface area contributed by atoms with Crippen molar-refractivity contribution in [3.63, 3.8) is 0 Å². The summed E-state index contributed by atoms with van der Waals surface area (Å²) in [5.74, 6) is 0.743. The number of rotatable bonds is 6. The van der Waals surface area contributed by atoms with Crippen LogP contribution in [-0.4, -0.2) is 27.1 Å². The molecule has 4 heteroatoms. The third-order valence-corrected chi connectivity index (χ3v) is 3.25. The van der Waals surface area contributed by atoms with Crippen molar-refractivity contribution in [3.8, 4) is 11.5 Å². The largest absolute Gasteiger partial charge is 0.496 e. The van der Waals surface area contributed by atoms with Crippen LogP contribution < -0.4 is 9.47 Å². The predicted octanol–water partition coefficient (Wildman–Crippen LogP) is 3.27. The van der Waals surface area contributed by atoms with Crippen molar-refractivity contribution in [2.45, 2.75) is 6.10 Å². The highest BCUT2D eigenvalue weighted by atomic mass is 16.5. The number of methoxy groups -OCH3 is 3. The van der Waals surface area contributed by atoms with Crippen LogP contribution >= 0.6 is 0 Å². The number of ketones is 1. The molecule has 2 rings (SSSR count). The van der Waals surface area contributed by atoms with Gasteiger partial charge in [0.2, 0.25) is 5.78 Å². The van der Waals surface area contributed by atoms with Gasteiger partial charge >= 0.3 is 0 Å². The summed E-state index contributed by atoms with van der Waals surface area (Å²) in [5.41, 5.74) is 1.18. The maximum absolute atomic E-state index is 12.9. The molecule has 0 aromatic heterocycles. The van der Waals surface area contributed by atoms with E-state index in [1.165, 1.54) is 21.3 Å². The second-order valence-electron chi connectivity index (χ2n) is 4.43. The van der Waals surface area contributed by atoms with Gasteiger partial charge in [-0.25, -0.2) is 0 Å². The van der Waals surface area contributed by atoms with E-state index >= 15 is 0 Å². The van der Waals surface area contributed by atoms with Gasteiger partial charge in [-0.15, -0.1) is 0 Å². The van der Waals surface area contributed by atoms with Crippen LogP contribution in [0.15, 0.2) is 48.5 Å². The van der Waals surface area contributed by atoms with E-state index < -0.39 is 6.10 Å². The molecule has 0 N–H and O–H groups in total. The van der Waals surface area contributed by atoms with Gasteiger partial charge in [0, 0.05) is 7.11 Å². The van der Waals surface area contributed by atoms with E-state index in [1.807, 2.05) is 30.3 Å². The molecule has 0 bridgehead atoms. The fraction of sp³-hybridized carbons (Fsp3) is 0.235. The number of carbonyl (C=O) groups is 1. The molecule has 110 valence electrons. The topological polar surface area (TPSA) is 44.8 Å². The monoisotopic (exact) mass is 286 g/mol. The molecule has 0 aliphatic rings. The maximum Gasteiger partial charge on any atom is 0.203 e. The number of hydrogen-bond donors (Lipinski definition) is 0. The fourth-order valence-corrected chi connectivity index (χ4v) is 2.25. The first-order valence-electron chi connectivity index (χ1n) is 6.55. The summed E-state index contributed by atoms with van der Waals surface area (Å²) in [6.07, 6.45) is -0.698. The molecule has 0 aliphatic carbocycles. The second kappa shape index (κ2) is 6.90. The van der Waals surface area contributed by atoms with E-state index in [-0.39, 0.29) is 5.78 Å². The predicted molar refractivity (Wildman–Crippen MR) is 80.1 cm³/mol. The van der Waals surface area contributed by atoms with E-state index in [2.05, 4.69) is 0 Å². The molecule has 0 saturated heterocycles. The molecule has 21 heavy (non-hydrogen) atoms. The molecule has 1 atom stereocenters. The number of carbonyl (C=O) groups excluding carboxylic acids is 1. The summed E-state index contributed by atoms with van der Waals surface area (Å²) >= 11 is 0. The summed E-state index contributed by atoms with van der Waals surface area (Å²) in [6.45, 7) is 0. The Morgan fingerprint density at radius 2 is 1.43 bits per heavy atom. The Hall–Kier alpha value is -2.33. The highest BCUT2D eigenvalue weighted by Gasteiger charge is 2.27. The van der Waals surface area contributed by atoms with E-state index in [1.54, 1.807) is 18.2 Å². The Balaban J connectivity index is 2.48. The third-order valence-electron chi connectivity index (χ3n) is 3.25. The quantitative estimate of drug-likeness (QED) is 0.764. The normalized spacial score (nSPS) is 11.8. The van der Waals surface area contributed by atoms with Crippen LogP contribution in [0.3, 0.4) is 0 Å². The summed E-state index contributed by atoms with van der Waals surface area (Å²) in [5, 5.41) is 0. The number of benzene rings is 2. The van der Waals surface area contributed by atoms with Crippen LogP contribution in [0.5, 0.6) is 11.5 Å². The van der Waals surface area contributed by atoms with Crippen LogP contribution in [0.2, 0.25) is 0 Å². The van der Waals surface area contributed by atoms with E-state index in [4.69, 9.17) is 14.2 Å². The summed E-state index contributed by atoms with van der Waals surface area (Å²) in [6, 6.07) is 14.6. The summed E-state index contributed by atoms with van der Waals surface area (Å²) in [7, 11) is 4.56. The van der Waals surface area contributed by atoms with E-state index in [0.29, 0.717) is 17.1 Å². The molecule has 2 aromatic carbocycles. The number of hydrogen-bond acceptors (Lipinski definition) is 4. The minimum absolute atomic E-state index is 0.196. The maximum atomic E-state index is 12.9. The van der Waals surface area contributed by atoms with Crippen molar-refractivity contribution in [1.29, 1.82) is 0 Å². The first-order chi connectivity index (χ1) is 10.2. The summed E-state index contributed by atoms with van der Waals surface area (Å²) < 4.78 is 16.0. The van der Waals surface area contributed by atoms with Gasteiger partial charge in [0.15, 0.2) is 0 Å². The highest BCUT2D eigenvalue weighted by Crippen LogP contribution is 2.33. The van der Waals surface area contributed by atoms with Crippen molar-refractivity contribution in [1.82, 2.24) is 0 Å². The highest BCUT2D eigenvalue weighted by molar-refractivity contribution is 6.04. The van der Waals surface area contributed by atoms with Crippen molar-refractivity contribution in [2.24, 2.45) is 0 Å². The third kappa shape index (κ3) is 3.06. The molecule has 4 nitrogen and oxygen atoms in total. The van der Waals surface area contributed by atoms with Crippen molar-refractivity contribution >= 4 is 5.78 Å². The number of Topliss-reactive ketones (excluding diaryl/α,β-unsaturated/α-hetero) is 1. The Labute approximate surface area is 124 Å². The van der Waals surface area contributed by atoms with Crippen LogP contribution in [0.4, 0.5) is 0 Å². The Bertz CT molecular complexity index is 585. The van der Waals surface area contributed by atoms with Gasteiger partial charge < -0.3 is 14.2 Å².